The Balaban J connectivity index is 2.09. The van der Waals surface area contributed by atoms with E-state index in [1.54, 1.807) is 30.2 Å². The maximum absolute atomic E-state index is 12.7. The minimum Gasteiger partial charge on any atom is -0.385 e. The van der Waals surface area contributed by atoms with Gasteiger partial charge in [-0.2, -0.15) is 0 Å². The van der Waals surface area contributed by atoms with E-state index in [2.05, 4.69) is 5.32 Å². The number of anilines is 1. The normalized spacial score (nSPS) is 10.7. The molecule has 7 heteroatoms. The molecule has 0 unspecified atom stereocenters. The van der Waals surface area contributed by atoms with Crippen molar-refractivity contribution >= 4 is 34.9 Å². The Kier molecular flexibility index (Phi) is 6.97. The van der Waals surface area contributed by atoms with E-state index in [9.17, 15) is 4.79 Å². The quantitative estimate of drug-likeness (QED) is 0.735. The number of halogens is 2. The second kappa shape index (κ2) is 8.97. The van der Waals surface area contributed by atoms with Crippen LogP contribution in [0.3, 0.4) is 0 Å². The first-order valence-corrected chi connectivity index (χ1v) is 8.37. The molecule has 2 rings (SSSR count). The van der Waals surface area contributed by atoms with Crippen LogP contribution in [0.15, 0.2) is 36.5 Å². The molecule has 130 valence electrons. The summed E-state index contributed by atoms with van der Waals surface area (Å²) >= 11 is 12.0. The maximum Gasteiger partial charge on any atom is 0.322 e. The lowest BCUT2D eigenvalue weighted by atomic mass is 10.3. The number of ether oxygens (including phenoxy) is 1. The van der Waals surface area contributed by atoms with Gasteiger partial charge in [0.05, 0.1) is 17.3 Å². The number of methoxy groups -OCH3 is 1. The lowest BCUT2D eigenvalue weighted by Crippen LogP contribution is -2.36. The fraction of sp³-hybridized carbons (Fsp3) is 0.353. The summed E-state index contributed by atoms with van der Waals surface area (Å²) in [4.78, 5) is 14.4. The van der Waals surface area contributed by atoms with Crippen LogP contribution in [0.2, 0.25) is 10.0 Å². The van der Waals surface area contributed by atoms with E-state index in [0.717, 1.165) is 12.1 Å². The lowest BCUT2D eigenvalue weighted by Gasteiger charge is -2.23. The molecule has 0 atom stereocenters. The predicted octanol–water partition coefficient (Wildman–Crippen LogP) is 4.40. The van der Waals surface area contributed by atoms with Crippen LogP contribution in [0, 0.1) is 0 Å². The molecule has 2 aromatic rings. The largest absolute Gasteiger partial charge is 0.385 e. The first-order chi connectivity index (χ1) is 11.5. The van der Waals surface area contributed by atoms with E-state index in [0.29, 0.717) is 35.4 Å². The van der Waals surface area contributed by atoms with Crippen LogP contribution in [0.4, 0.5) is 10.5 Å². The molecule has 0 bridgehead atoms. The number of hydrogen-bond acceptors (Lipinski definition) is 2. The van der Waals surface area contributed by atoms with E-state index in [-0.39, 0.29) is 6.03 Å². The molecule has 0 aliphatic rings. The number of benzene rings is 1. The highest BCUT2D eigenvalue weighted by atomic mass is 35.5. The lowest BCUT2D eigenvalue weighted by molar-refractivity contribution is 0.171. The van der Waals surface area contributed by atoms with Crippen LogP contribution in [-0.2, 0) is 18.3 Å². The number of aryl methyl sites for hydroxylation is 1. The van der Waals surface area contributed by atoms with Crippen molar-refractivity contribution in [2.24, 2.45) is 7.05 Å². The van der Waals surface area contributed by atoms with Gasteiger partial charge < -0.3 is 19.5 Å². The van der Waals surface area contributed by atoms with Gasteiger partial charge in [0, 0.05) is 44.2 Å². The van der Waals surface area contributed by atoms with E-state index in [1.165, 1.54) is 0 Å². The minimum absolute atomic E-state index is 0.212. The molecule has 2 amide bonds. The number of aromatic nitrogens is 1. The van der Waals surface area contributed by atoms with E-state index in [4.69, 9.17) is 27.9 Å². The smallest absolute Gasteiger partial charge is 0.322 e. The fourth-order valence-corrected chi connectivity index (χ4v) is 2.75. The molecule has 1 aromatic heterocycles. The fourth-order valence-electron chi connectivity index (χ4n) is 2.29. The summed E-state index contributed by atoms with van der Waals surface area (Å²) in [5, 5.41) is 3.78. The van der Waals surface area contributed by atoms with Crippen molar-refractivity contribution in [2.45, 2.75) is 13.0 Å². The van der Waals surface area contributed by atoms with Crippen molar-refractivity contribution in [2.75, 3.05) is 25.6 Å². The summed E-state index contributed by atoms with van der Waals surface area (Å²) in [6.45, 7) is 1.68. The van der Waals surface area contributed by atoms with Gasteiger partial charge in [-0.3, -0.25) is 0 Å². The predicted molar refractivity (Wildman–Crippen MR) is 97.8 cm³/mol. The van der Waals surface area contributed by atoms with Crippen molar-refractivity contribution < 1.29 is 9.53 Å². The Bertz CT molecular complexity index is 688. The van der Waals surface area contributed by atoms with Crippen LogP contribution < -0.4 is 5.32 Å². The summed E-state index contributed by atoms with van der Waals surface area (Å²) < 4.78 is 7.07. The SMILES string of the molecule is COCCCN(Cc1cccn1C)C(=O)Nc1ccc(Cl)cc1Cl. The van der Waals surface area contributed by atoms with Gasteiger partial charge in [0.25, 0.3) is 0 Å². The van der Waals surface area contributed by atoms with Crippen molar-refractivity contribution in [3.63, 3.8) is 0 Å². The molecule has 1 N–H and O–H groups in total. The molecule has 0 aliphatic heterocycles. The molecule has 5 nitrogen and oxygen atoms in total. The average Bonchev–Trinajstić information content (AvgIpc) is 2.94. The highest BCUT2D eigenvalue weighted by Crippen LogP contribution is 2.25. The molecule has 1 heterocycles. The second-order valence-electron chi connectivity index (χ2n) is 5.43. The third-order valence-electron chi connectivity index (χ3n) is 3.64. The summed E-state index contributed by atoms with van der Waals surface area (Å²) in [5.74, 6) is 0. The number of carbonyl (C=O) groups is 1. The summed E-state index contributed by atoms with van der Waals surface area (Å²) in [6.07, 6.45) is 2.71. The summed E-state index contributed by atoms with van der Waals surface area (Å²) in [7, 11) is 3.60. The molecule has 0 saturated carbocycles. The molecule has 0 saturated heterocycles. The average molecular weight is 370 g/mol. The van der Waals surface area contributed by atoms with Crippen LogP contribution in [0.5, 0.6) is 0 Å². The Labute approximate surface area is 152 Å². The van der Waals surface area contributed by atoms with Crippen LogP contribution >= 0.6 is 23.2 Å². The molecule has 0 fully saturated rings. The van der Waals surface area contributed by atoms with Gasteiger partial charge in [-0.15, -0.1) is 0 Å². The third-order valence-corrected chi connectivity index (χ3v) is 4.19. The molecule has 0 aliphatic carbocycles. The molecular formula is C17H21Cl2N3O2. The van der Waals surface area contributed by atoms with Crippen LogP contribution in [0.25, 0.3) is 0 Å². The van der Waals surface area contributed by atoms with Gasteiger partial charge in [-0.1, -0.05) is 23.2 Å². The number of amides is 2. The Morgan fingerprint density at radius 2 is 2.12 bits per heavy atom. The molecule has 24 heavy (non-hydrogen) atoms. The summed E-state index contributed by atoms with van der Waals surface area (Å²) in [5.41, 5.74) is 1.58. The number of hydrogen-bond donors (Lipinski definition) is 1. The Morgan fingerprint density at radius 1 is 1.33 bits per heavy atom. The Morgan fingerprint density at radius 3 is 2.75 bits per heavy atom. The first kappa shape index (κ1) is 18.6. The monoisotopic (exact) mass is 369 g/mol. The van der Waals surface area contributed by atoms with E-state index < -0.39 is 0 Å². The zero-order chi connectivity index (χ0) is 17.5. The van der Waals surface area contributed by atoms with Crippen molar-refractivity contribution in [1.82, 2.24) is 9.47 Å². The number of nitrogens with zero attached hydrogens (tertiary/aromatic N) is 2. The van der Waals surface area contributed by atoms with Gasteiger partial charge in [-0.25, -0.2) is 4.79 Å². The number of urea groups is 1. The number of carbonyl (C=O) groups excluding carboxylic acids is 1. The molecular weight excluding hydrogens is 349 g/mol. The van der Waals surface area contributed by atoms with Crippen LogP contribution in [0.1, 0.15) is 12.1 Å². The standard InChI is InChI=1S/C17H21Cl2N3O2/c1-21-8-3-5-14(21)12-22(9-4-10-24-2)17(23)20-16-7-6-13(18)11-15(16)19/h3,5-8,11H,4,9-10,12H2,1-2H3,(H,20,23). The zero-order valence-corrected chi connectivity index (χ0v) is 15.3. The minimum atomic E-state index is -0.212. The topological polar surface area (TPSA) is 46.5 Å². The maximum atomic E-state index is 12.7. The third kappa shape index (κ3) is 5.16. The van der Waals surface area contributed by atoms with Crippen molar-refractivity contribution in [3.8, 4) is 0 Å². The van der Waals surface area contributed by atoms with Crippen molar-refractivity contribution in [3.05, 3.63) is 52.3 Å². The van der Waals surface area contributed by atoms with Gasteiger partial charge in [0.2, 0.25) is 0 Å². The summed E-state index contributed by atoms with van der Waals surface area (Å²) in [6, 6.07) is 8.72. The van der Waals surface area contributed by atoms with Crippen LogP contribution in [-0.4, -0.2) is 35.8 Å². The highest BCUT2D eigenvalue weighted by molar-refractivity contribution is 6.36. The Hall–Kier alpha value is -1.69. The number of rotatable bonds is 7. The number of nitrogens with one attached hydrogen (secondary N) is 1. The van der Waals surface area contributed by atoms with Gasteiger partial charge in [-0.05, 0) is 36.8 Å². The van der Waals surface area contributed by atoms with Crippen molar-refractivity contribution in [1.29, 1.82) is 0 Å². The van der Waals surface area contributed by atoms with Gasteiger partial charge >= 0.3 is 6.03 Å². The van der Waals surface area contributed by atoms with Gasteiger partial charge in [0.15, 0.2) is 0 Å². The van der Waals surface area contributed by atoms with E-state index >= 15 is 0 Å². The van der Waals surface area contributed by atoms with E-state index in [1.807, 2.05) is 29.9 Å². The highest BCUT2D eigenvalue weighted by Gasteiger charge is 2.16. The van der Waals surface area contributed by atoms with Gasteiger partial charge in [0.1, 0.15) is 0 Å². The zero-order valence-electron chi connectivity index (χ0n) is 13.8. The first-order valence-electron chi connectivity index (χ1n) is 7.61. The molecule has 1 aromatic carbocycles. The molecule has 0 spiro atoms. The molecule has 0 radical (unpaired) electrons. The second-order valence-corrected chi connectivity index (χ2v) is 6.28.